The number of nitrogens with zero attached hydrogens (tertiary/aromatic N) is 4. The van der Waals surface area contributed by atoms with Gasteiger partial charge in [-0.25, -0.2) is 9.97 Å². The molecule has 0 saturated carbocycles. The van der Waals surface area contributed by atoms with Gasteiger partial charge in [-0.2, -0.15) is 0 Å². The Morgan fingerprint density at radius 3 is 2.36 bits per heavy atom. The van der Waals surface area contributed by atoms with Crippen LogP contribution in [0.2, 0.25) is 0 Å². The predicted octanol–water partition coefficient (Wildman–Crippen LogP) is 7.31. The minimum absolute atomic E-state index is 0.00658. The summed E-state index contributed by atoms with van der Waals surface area (Å²) in [6, 6.07) is 39.8. The van der Waals surface area contributed by atoms with Crippen molar-refractivity contribution in [2.24, 2.45) is 0 Å². The van der Waals surface area contributed by atoms with Crippen molar-refractivity contribution < 1.29 is 19.4 Å². The smallest absolute Gasteiger partial charge is 0.271 e. The van der Waals surface area contributed by atoms with Gasteiger partial charge in [-0.3, -0.25) is 9.78 Å². The van der Waals surface area contributed by atoms with Crippen molar-refractivity contribution in [3.63, 3.8) is 0 Å². The van der Waals surface area contributed by atoms with Gasteiger partial charge in [0.15, 0.2) is 6.29 Å². The molecule has 0 bridgehead atoms. The van der Waals surface area contributed by atoms with E-state index in [4.69, 9.17) is 9.47 Å². The van der Waals surface area contributed by atoms with Gasteiger partial charge in [0.2, 0.25) is 0 Å². The van der Waals surface area contributed by atoms with Crippen molar-refractivity contribution in [3.8, 4) is 11.1 Å². The van der Waals surface area contributed by atoms with E-state index in [1.807, 2.05) is 97.3 Å². The highest BCUT2D eigenvalue weighted by Gasteiger charge is 2.33. The van der Waals surface area contributed by atoms with Crippen molar-refractivity contribution in [2.45, 2.75) is 44.6 Å². The Kier molecular flexibility index (Phi) is 8.83. The van der Waals surface area contributed by atoms with Crippen molar-refractivity contribution in [3.05, 3.63) is 162 Å². The molecule has 3 heterocycles. The maximum Gasteiger partial charge on any atom is 0.271 e. The minimum atomic E-state index is -0.600. The quantitative estimate of drug-likeness (QED) is 0.167. The number of fused-ring (bicyclic) bond motifs is 2. The molecule has 50 heavy (non-hydrogen) atoms. The van der Waals surface area contributed by atoms with Gasteiger partial charge >= 0.3 is 0 Å². The summed E-state index contributed by atoms with van der Waals surface area (Å²) in [5, 5.41) is 12.6. The maximum absolute atomic E-state index is 12.9. The van der Waals surface area contributed by atoms with Gasteiger partial charge < -0.3 is 24.5 Å². The Bertz CT molecular complexity index is 2290. The normalized spacial score (nSPS) is 17.6. The van der Waals surface area contributed by atoms with Gasteiger partial charge in [0.1, 0.15) is 5.69 Å². The lowest BCUT2D eigenvalue weighted by molar-refractivity contribution is -0.252. The molecule has 0 radical (unpaired) electrons. The number of carbonyl (C=O) groups is 1. The van der Waals surface area contributed by atoms with Crippen LogP contribution in [0.1, 0.15) is 51.6 Å². The molecule has 2 N–H and O–H groups in total. The number of amides is 1. The molecule has 0 aliphatic carbocycles. The molecule has 9 heteroatoms. The number of benzene rings is 5. The average molecular weight is 662 g/mol. The standard InChI is InChI=1S/C41H35N5O4/c47-25-27-15-17-29(18-16-27)39-21-33(24-46-26-44-36-13-3-4-14-38(36)46)49-41(50-39)32-10-6-9-31(20-32)30-8-5-7-28(19-30)22-43-40(48)37-23-42-34-11-1-2-12-35(34)45-37/h1-20,23,26,33,39,41,47H,21-22,24-25H2,(H,43,48). The van der Waals surface area contributed by atoms with Crippen LogP contribution >= 0.6 is 0 Å². The summed E-state index contributed by atoms with van der Waals surface area (Å²) in [4.78, 5) is 26.3. The number of aromatic nitrogens is 4. The molecule has 248 valence electrons. The third-order valence-electron chi connectivity index (χ3n) is 9.10. The highest BCUT2D eigenvalue weighted by molar-refractivity contribution is 5.93. The summed E-state index contributed by atoms with van der Waals surface area (Å²) in [6.07, 6.45) is 3.10. The summed E-state index contributed by atoms with van der Waals surface area (Å²) in [5.41, 5.74) is 9.50. The van der Waals surface area contributed by atoms with Crippen LogP contribution in [0.3, 0.4) is 0 Å². The van der Waals surface area contributed by atoms with Crippen molar-refractivity contribution >= 4 is 28.0 Å². The Hall–Kier alpha value is -5.74. The highest BCUT2D eigenvalue weighted by atomic mass is 16.7. The van der Waals surface area contributed by atoms with Crippen molar-refractivity contribution in [1.29, 1.82) is 0 Å². The topological polar surface area (TPSA) is 111 Å². The molecule has 2 aromatic heterocycles. The Labute approximate surface area is 289 Å². The van der Waals surface area contributed by atoms with E-state index in [1.54, 1.807) is 0 Å². The van der Waals surface area contributed by atoms with Gasteiger partial charge in [0.25, 0.3) is 5.91 Å². The van der Waals surface area contributed by atoms with Gasteiger partial charge in [0.05, 0.1) is 60.0 Å². The molecule has 0 spiro atoms. The lowest BCUT2D eigenvalue weighted by Crippen LogP contribution is -2.32. The number of ether oxygens (including phenoxy) is 2. The molecule has 1 amide bonds. The number of imidazole rings is 1. The van der Waals surface area contributed by atoms with Crippen LogP contribution in [0.5, 0.6) is 0 Å². The number of nitrogens with one attached hydrogen (secondary N) is 1. The van der Waals surface area contributed by atoms with Crippen molar-refractivity contribution in [1.82, 2.24) is 24.8 Å². The SMILES string of the molecule is O=C(NCc1cccc(-c2cccc(C3OC(Cn4cnc5ccccc54)CC(c4ccc(CO)cc4)O3)c2)c1)c1cnc2ccccc2n1. The number of rotatable bonds is 9. The van der Waals surface area contributed by atoms with Gasteiger partial charge in [-0.15, -0.1) is 0 Å². The van der Waals surface area contributed by atoms with Crippen LogP contribution in [0.25, 0.3) is 33.2 Å². The zero-order valence-corrected chi connectivity index (χ0v) is 27.2. The summed E-state index contributed by atoms with van der Waals surface area (Å²) in [7, 11) is 0. The fourth-order valence-electron chi connectivity index (χ4n) is 6.47. The molecule has 3 atom stereocenters. The average Bonchev–Trinajstić information content (AvgIpc) is 3.59. The van der Waals surface area contributed by atoms with E-state index in [-0.39, 0.29) is 30.4 Å². The first-order chi connectivity index (χ1) is 24.6. The number of aliphatic hydroxyl groups is 1. The zero-order chi connectivity index (χ0) is 33.9. The molecule has 1 fully saturated rings. The Balaban J connectivity index is 1.02. The van der Waals surface area contributed by atoms with E-state index < -0.39 is 6.29 Å². The van der Waals surface area contributed by atoms with Crippen LogP contribution < -0.4 is 5.32 Å². The van der Waals surface area contributed by atoms with E-state index in [1.165, 1.54) is 6.20 Å². The lowest BCUT2D eigenvalue weighted by atomic mass is 9.98. The molecule has 1 saturated heterocycles. The Morgan fingerprint density at radius 2 is 1.52 bits per heavy atom. The van der Waals surface area contributed by atoms with Crippen LogP contribution in [0.4, 0.5) is 0 Å². The second-order valence-corrected chi connectivity index (χ2v) is 12.5. The fourth-order valence-corrected chi connectivity index (χ4v) is 6.47. The third kappa shape index (κ3) is 6.75. The predicted molar refractivity (Wildman–Crippen MR) is 191 cm³/mol. The van der Waals surface area contributed by atoms with Gasteiger partial charge in [-0.05, 0) is 64.2 Å². The van der Waals surface area contributed by atoms with E-state index in [0.29, 0.717) is 25.0 Å². The van der Waals surface area contributed by atoms with Crippen LogP contribution in [0, 0.1) is 0 Å². The largest absolute Gasteiger partial charge is 0.392 e. The maximum atomic E-state index is 12.9. The van der Waals surface area contributed by atoms with E-state index in [2.05, 4.69) is 55.2 Å². The molecule has 9 nitrogen and oxygen atoms in total. The monoisotopic (exact) mass is 661 g/mol. The first kappa shape index (κ1) is 31.5. The second kappa shape index (κ2) is 14.0. The summed E-state index contributed by atoms with van der Waals surface area (Å²) in [6.45, 7) is 0.967. The number of carbonyl (C=O) groups excluding carboxylic acids is 1. The molecule has 7 aromatic rings. The number of aliphatic hydroxyl groups excluding tert-OH is 1. The van der Waals surface area contributed by atoms with E-state index in [0.717, 1.165) is 49.9 Å². The zero-order valence-electron chi connectivity index (χ0n) is 27.2. The first-order valence-electron chi connectivity index (χ1n) is 16.7. The van der Waals surface area contributed by atoms with Crippen LogP contribution in [-0.2, 0) is 29.2 Å². The molecule has 1 aliphatic heterocycles. The highest BCUT2D eigenvalue weighted by Crippen LogP contribution is 2.39. The molecule has 5 aromatic carbocycles. The molecule has 3 unspecified atom stereocenters. The van der Waals surface area contributed by atoms with Gasteiger partial charge in [0, 0.05) is 18.5 Å². The van der Waals surface area contributed by atoms with E-state index in [9.17, 15) is 9.90 Å². The summed E-state index contributed by atoms with van der Waals surface area (Å²) < 4.78 is 15.5. The van der Waals surface area contributed by atoms with Crippen LogP contribution in [0.15, 0.2) is 134 Å². The van der Waals surface area contributed by atoms with E-state index >= 15 is 0 Å². The number of hydrogen-bond acceptors (Lipinski definition) is 7. The number of hydrogen-bond donors (Lipinski definition) is 2. The fraction of sp³-hybridized carbons (Fsp3) is 0.171. The molecule has 1 aliphatic rings. The third-order valence-corrected chi connectivity index (χ3v) is 9.10. The van der Waals surface area contributed by atoms with Crippen molar-refractivity contribution in [2.75, 3.05) is 0 Å². The molecular formula is C41H35N5O4. The Morgan fingerprint density at radius 1 is 0.760 bits per heavy atom. The first-order valence-corrected chi connectivity index (χ1v) is 16.7. The minimum Gasteiger partial charge on any atom is -0.392 e. The number of para-hydroxylation sites is 4. The summed E-state index contributed by atoms with van der Waals surface area (Å²) >= 11 is 0. The van der Waals surface area contributed by atoms with Gasteiger partial charge in [-0.1, -0.05) is 84.9 Å². The second-order valence-electron chi connectivity index (χ2n) is 12.5. The van der Waals surface area contributed by atoms with Crippen LogP contribution in [-0.4, -0.2) is 36.6 Å². The molecule has 8 rings (SSSR count). The lowest BCUT2D eigenvalue weighted by Gasteiger charge is -2.36. The summed E-state index contributed by atoms with van der Waals surface area (Å²) in [5.74, 6) is -0.277. The molecular weight excluding hydrogens is 626 g/mol.